The maximum absolute atomic E-state index is 13.4. The predicted molar refractivity (Wildman–Crippen MR) is 143 cm³/mol. The molecule has 2 aliphatic heterocycles. The molecule has 202 valence electrons. The van der Waals surface area contributed by atoms with Crippen LogP contribution in [0.25, 0.3) is 22.3 Å². The molecule has 1 aromatic carbocycles. The fourth-order valence-electron chi connectivity index (χ4n) is 4.94. The Morgan fingerprint density at radius 3 is 2.53 bits per heavy atom. The molecule has 11 nitrogen and oxygen atoms in total. The number of nitrogens with zero attached hydrogens (tertiary/aromatic N) is 3. The molecule has 0 bridgehead atoms. The van der Waals surface area contributed by atoms with Crippen LogP contribution in [0.1, 0.15) is 53.3 Å². The molecular weight excluding hydrogens is 488 g/mol. The highest BCUT2D eigenvalue weighted by molar-refractivity contribution is 5.89. The van der Waals surface area contributed by atoms with E-state index in [9.17, 15) is 19.8 Å². The molecule has 0 fully saturated rings. The van der Waals surface area contributed by atoms with E-state index in [4.69, 9.17) is 27.0 Å². The third kappa shape index (κ3) is 4.33. The van der Waals surface area contributed by atoms with Crippen molar-refractivity contribution >= 4 is 16.9 Å². The monoisotopic (exact) mass is 522 g/mol. The lowest BCUT2D eigenvalue weighted by molar-refractivity contribution is -0.157. The van der Waals surface area contributed by atoms with Crippen LogP contribution in [-0.4, -0.2) is 43.9 Å². The normalized spacial score (nSPS) is 16.1. The van der Waals surface area contributed by atoms with Crippen LogP contribution in [0.3, 0.4) is 0 Å². The van der Waals surface area contributed by atoms with Gasteiger partial charge in [0.05, 0.1) is 53.6 Å². The molecule has 0 saturated heterocycles. The Balaban J connectivity index is 0.00000164. The molecule has 38 heavy (non-hydrogen) atoms. The van der Waals surface area contributed by atoms with Gasteiger partial charge in [-0.15, -0.1) is 0 Å². The van der Waals surface area contributed by atoms with Gasteiger partial charge >= 0.3 is 5.97 Å². The van der Waals surface area contributed by atoms with Gasteiger partial charge in [-0.3, -0.25) is 4.79 Å². The largest absolute Gasteiger partial charge is 0.458 e. The zero-order valence-corrected chi connectivity index (χ0v) is 22.0. The first kappa shape index (κ1) is 27.3. The van der Waals surface area contributed by atoms with Crippen LogP contribution in [0.15, 0.2) is 34.4 Å². The first-order valence-corrected chi connectivity index (χ1v) is 12.5. The summed E-state index contributed by atoms with van der Waals surface area (Å²) in [6.07, 6.45) is -1.53. The number of aliphatic hydroxyl groups excluding tert-OH is 2. The van der Waals surface area contributed by atoms with Gasteiger partial charge in [0.2, 0.25) is 0 Å². The molecule has 5 rings (SSSR count). The number of carbonyl (C=O) groups excluding carboxylic acids is 1. The lowest BCUT2D eigenvalue weighted by Crippen LogP contribution is -2.36. The molecule has 3 aromatic rings. The number of aromatic nitrogens is 2. The van der Waals surface area contributed by atoms with E-state index in [2.05, 4.69) is 0 Å². The SMILES string of the molecule is CC.Cc1cc2nc3c(c(CN(N)/C(CN)=C(\N)CO)c2cc1C)Cn1c-3cc2c(c1=O)COC(=O)C2O. The standard InChI is InChI=1S/C25H28N6O5.C2H6/c1-11-3-13-15(8-31(28)21(6-26)18(27)9-32)16-7-30-20(22(16)29-19(13)4-12(11)2)5-14-17(24(30)34)10-36-25(35)23(14)33;1-2/h3-5,23,32-33H,6-10,26-28H2,1-2H3;1-2H3/b21-18-;. The average Bonchev–Trinajstić information content (AvgIpc) is 3.27. The molecular formula is C27H34N6O5. The predicted octanol–water partition coefficient (Wildman–Crippen LogP) is 0.955. The number of benzene rings is 1. The maximum atomic E-state index is 13.4. The fourth-order valence-corrected chi connectivity index (χ4v) is 4.94. The van der Waals surface area contributed by atoms with Crippen LogP contribution in [0.4, 0.5) is 0 Å². The highest BCUT2D eigenvalue weighted by Crippen LogP contribution is 2.39. The van der Waals surface area contributed by atoms with Crippen LogP contribution in [0.2, 0.25) is 0 Å². The van der Waals surface area contributed by atoms with Crippen LogP contribution in [-0.2, 0) is 29.2 Å². The summed E-state index contributed by atoms with van der Waals surface area (Å²) in [4.78, 5) is 30.2. The minimum atomic E-state index is -1.53. The summed E-state index contributed by atoms with van der Waals surface area (Å²) >= 11 is 0. The number of cyclic esters (lactones) is 1. The second-order valence-electron chi connectivity index (χ2n) is 9.20. The van der Waals surface area contributed by atoms with Crippen molar-refractivity contribution in [2.75, 3.05) is 13.2 Å². The van der Waals surface area contributed by atoms with Crippen molar-refractivity contribution < 1.29 is 19.7 Å². The van der Waals surface area contributed by atoms with Gasteiger partial charge in [-0.2, -0.15) is 0 Å². The van der Waals surface area contributed by atoms with Gasteiger partial charge in [0.1, 0.15) is 6.61 Å². The number of nitrogens with two attached hydrogens (primary N) is 3. The summed E-state index contributed by atoms with van der Waals surface area (Å²) < 4.78 is 6.56. The number of esters is 1. The van der Waals surface area contributed by atoms with E-state index in [-0.39, 0.29) is 55.2 Å². The number of ether oxygens (including phenoxy) is 1. The van der Waals surface area contributed by atoms with E-state index in [1.165, 1.54) is 5.01 Å². The van der Waals surface area contributed by atoms with Gasteiger partial charge in [0.25, 0.3) is 5.56 Å². The van der Waals surface area contributed by atoms with Crippen molar-refractivity contribution in [3.63, 3.8) is 0 Å². The number of hydrazine groups is 1. The third-order valence-corrected chi connectivity index (χ3v) is 7.10. The van der Waals surface area contributed by atoms with E-state index < -0.39 is 12.1 Å². The summed E-state index contributed by atoms with van der Waals surface area (Å²) in [5.74, 6) is 5.60. The highest BCUT2D eigenvalue weighted by Gasteiger charge is 2.35. The zero-order valence-electron chi connectivity index (χ0n) is 22.0. The van der Waals surface area contributed by atoms with Gasteiger partial charge in [-0.1, -0.05) is 13.8 Å². The lowest BCUT2D eigenvalue weighted by atomic mass is 9.96. The first-order chi connectivity index (χ1) is 18.2. The van der Waals surface area contributed by atoms with Crippen LogP contribution < -0.4 is 22.9 Å². The van der Waals surface area contributed by atoms with Gasteiger partial charge in [-0.25, -0.2) is 15.6 Å². The maximum Gasteiger partial charge on any atom is 0.340 e. The van der Waals surface area contributed by atoms with Gasteiger partial charge in [0, 0.05) is 23.1 Å². The Kier molecular flexibility index (Phi) is 7.56. The molecule has 0 amide bonds. The molecule has 4 heterocycles. The number of carbonyl (C=O) groups is 1. The minimum Gasteiger partial charge on any atom is -0.458 e. The zero-order chi connectivity index (χ0) is 27.9. The Hall–Kier alpha value is -3.77. The second kappa shape index (κ2) is 10.5. The van der Waals surface area contributed by atoms with Crippen molar-refractivity contribution in [3.8, 4) is 11.4 Å². The van der Waals surface area contributed by atoms with E-state index in [0.717, 1.165) is 27.6 Å². The van der Waals surface area contributed by atoms with Crippen molar-refractivity contribution in [1.29, 1.82) is 0 Å². The molecule has 8 N–H and O–H groups in total. The Labute approximate surface area is 220 Å². The lowest BCUT2D eigenvalue weighted by Gasteiger charge is -2.25. The molecule has 0 aliphatic carbocycles. The summed E-state index contributed by atoms with van der Waals surface area (Å²) in [6, 6.07) is 5.66. The molecule has 0 radical (unpaired) electrons. The average molecular weight is 523 g/mol. The smallest absolute Gasteiger partial charge is 0.340 e. The summed E-state index contributed by atoms with van der Waals surface area (Å²) in [6.45, 7) is 7.89. The Morgan fingerprint density at radius 1 is 1.18 bits per heavy atom. The van der Waals surface area contributed by atoms with Crippen molar-refractivity contribution in [2.45, 2.75) is 53.5 Å². The van der Waals surface area contributed by atoms with E-state index in [0.29, 0.717) is 22.6 Å². The Bertz CT molecular complexity index is 1530. The van der Waals surface area contributed by atoms with Crippen molar-refractivity contribution in [3.05, 3.63) is 73.3 Å². The molecule has 0 saturated carbocycles. The molecule has 1 atom stereocenters. The van der Waals surface area contributed by atoms with E-state index in [1.807, 2.05) is 39.8 Å². The van der Waals surface area contributed by atoms with Crippen molar-refractivity contribution in [1.82, 2.24) is 14.6 Å². The fraction of sp³-hybridized carbons (Fsp3) is 0.370. The van der Waals surface area contributed by atoms with Gasteiger partial charge in [0.15, 0.2) is 6.10 Å². The minimum absolute atomic E-state index is 0.0323. The van der Waals surface area contributed by atoms with E-state index in [1.54, 1.807) is 10.6 Å². The topological polar surface area (TPSA) is 183 Å². The summed E-state index contributed by atoms with van der Waals surface area (Å²) in [7, 11) is 0. The molecule has 11 heteroatoms. The summed E-state index contributed by atoms with van der Waals surface area (Å²) in [5.41, 5.74) is 18.1. The number of hydrogen-bond acceptors (Lipinski definition) is 10. The molecule has 0 spiro atoms. The van der Waals surface area contributed by atoms with Crippen LogP contribution in [0, 0.1) is 13.8 Å². The quantitative estimate of drug-likeness (QED) is 0.144. The third-order valence-electron chi connectivity index (χ3n) is 7.10. The van der Waals surface area contributed by atoms with Gasteiger partial charge < -0.3 is 36.0 Å². The highest BCUT2D eigenvalue weighted by atomic mass is 16.5. The number of hydrogen-bond donors (Lipinski definition) is 5. The number of aryl methyl sites for hydroxylation is 2. The number of fused-ring (bicyclic) bond motifs is 5. The number of pyridine rings is 2. The van der Waals surface area contributed by atoms with Crippen LogP contribution >= 0.6 is 0 Å². The van der Waals surface area contributed by atoms with Crippen LogP contribution in [0.5, 0.6) is 0 Å². The second-order valence-corrected chi connectivity index (χ2v) is 9.20. The summed E-state index contributed by atoms with van der Waals surface area (Å²) in [5, 5.41) is 22.2. The molecule has 2 aromatic heterocycles. The molecule has 2 aliphatic rings. The number of aliphatic hydroxyl groups is 2. The Morgan fingerprint density at radius 2 is 1.87 bits per heavy atom. The first-order valence-electron chi connectivity index (χ1n) is 12.5. The van der Waals surface area contributed by atoms with Crippen molar-refractivity contribution in [2.24, 2.45) is 17.3 Å². The molecule has 1 unspecified atom stereocenters. The van der Waals surface area contributed by atoms with E-state index >= 15 is 0 Å². The number of rotatable bonds is 5. The van der Waals surface area contributed by atoms with Gasteiger partial charge in [-0.05, 0) is 48.7 Å².